The van der Waals surface area contributed by atoms with Crippen LogP contribution in [0.1, 0.15) is 73.1 Å². The molecule has 11 heteroatoms. The first-order valence-corrected chi connectivity index (χ1v) is 14.4. The molecule has 0 bridgehead atoms. The highest BCUT2D eigenvalue weighted by Gasteiger charge is 2.69. The molecule has 40 heavy (non-hydrogen) atoms. The standard InChI is InChI=1S/C29H46N4O7/c1-7-14-30-25(36)23(34)19-13-11-9-8-10-12-15-39-17-20(32-27(38)40-28(2,3)4)26(37)33-16-18-21(29(18,5)6)22(33)24(35)31-19/h7,18-22H,1,8-17H2,2-6H3,(H,30,36)(H,31,35)(H,32,38)/t18-,19+,20+,21-,22-/m0/s1. The van der Waals surface area contributed by atoms with Crippen molar-refractivity contribution in [2.45, 2.75) is 96.9 Å². The molecule has 3 N–H and O–H groups in total. The lowest BCUT2D eigenvalue weighted by atomic mass is 9.98. The molecule has 3 aliphatic rings. The number of piperidine rings is 1. The van der Waals surface area contributed by atoms with Crippen molar-refractivity contribution in [3.8, 4) is 0 Å². The molecule has 11 nitrogen and oxygen atoms in total. The summed E-state index contributed by atoms with van der Waals surface area (Å²) >= 11 is 0. The average molecular weight is 563 g/mol. The topological polar surface area (TPSA) is 143 Å². The SMILES string of the molecule is C=CCNC(=O)C(=O)[C@H]1CCCCCCCOC[C@@H](NC(=O)OC(C)(C)C)C(=O)N2C[C@H]3[C@@H]([C@H]2C(=O)N1)C3(C)C. The van der Waals surface area contributed by atoms with E-state index in [2.05, 4.69) is 36.4 Å². The van der Waals surface area contributed by atoms with Crippen LogP contribution in [0, 0.1) is 17.3 Å². The maximum absolute atomic E-state index is 13.8. The minimum Gasteiger partial charge on any atom is -0.444 e. The summed E-state index contributed by atoms with van der Waals surface area (Å²) in [6.07, 6.45) is 5.12. The lowest BCUT2D eigenvalue weighted by molar-refractivity contribution is -0.145. The Bertz CT molecular complexity index is 989. The molecule has 0 radical (unpaired) electrons. The zero-order valence-corrected chi connectivity index (χ0v) is 24.5. The number of nitrogens with zero attached hydrogens (tertiary/aromatic N) is 1. The first-order valence-electron chi connectivity index (χ1n) is 14.4. The summed E-state index contributed by atoms with van der Waals surface area (Å²) in [4.78, 5) is 67.2. The first kappa shape index (κ1) is 31.6. The summed E-state index contributed by atoms with van der Waals surface area (Å²) in [6, 6.07) is -2.88. The second-order valence-electron chi connectivity index (χ2n) is 12.6. The second kappa shape index (κ2) is 13.1. The molecule has 2 aliphatic heterocycles. The molecule has 1 saturated carbocycles. The van der Waals surface area contributed by atoms with E-state index in [1.54, 1.807) is 20.8 Å². The van der Waals surface area contributed by atoms with Gasteiger partial charge in [0.25, 0.3) is 5.91 Å². The predicted octanol–water partition coefficient (Wildman–Crippen LogP) is 2.09. The van der Waals surface area contributed by atoms with Crippen LogP contribution in [0.2, 0.25) is 0 Å². The van der Waals surface area contributed by atoms with Crippen molar-refractivity contribution in [1.29, 1.82) is 0 Å². The highest BCUT2D eigenvalue weighted by molar-refractivity contribution is 6.38. The van der Waals surface area contributed by atoms with Crippen molar-refractivity contribution < 1.29 is 33.4 Å². The van der Waals surface area contributed by atoms with Crippen molar-refractivity contribution in [3.05, 3.63) is 12.7 Å². The van der Waals surface area contributed by atoms with Gasteiger partial charge in [-0.15, -0.1) is 6.58 Å². The highest BCUT2D eigenvalue weighted by Crippen LogP contribution is 2.64. The maximum Gasteiger partial charge on any atom is 0.408 e. The van der Waals surface area contributed by atoms with E-state index in [1.807, 2.05) is 0 Å². The van der Waals surface area contributed by atoms with Crippen molar-refractivity contribution in [2.24, 2.45) is 17.3 Å². The van der Waals surface area contributed by atoms with Gasteiger partial charge >= 0.3 is 6.09 Å². The Kier molecular flexibility index (Phi) is 10.4. The molecule has 5 atom stereocenters. The summed E-state index contributed by atoms with van der Waals surface area (Å²) < 4.78 is 11.2. The van der Waals surface area contributed by atoms with Crippen molar-refractivity contribution in [3.63, 3.8) is 0 Å². The molecule has 224 valence electrons. The minimum atomic E-state index is -1.04. The van der Waals surface area contributed by atoms with Crippen LogP contribution in [0.25, 0.3) is 0 Å². The zero-order chi connectivity index (χ0) is 29.7. The molecule has 3 rings (SSSR count). The van der Waals surface area contributed by atoms with Gasteiger partial charge in [0.05, 0.1) is 12.6 Å². The van der Waals surface area contributed by atoms with Gasteiger partial charge in [0.1, 0.15) is 17.7 Å². The number of rotatable bonds is 5. The lowest BCUT2D eigenvalue weighted by Gasteiger charge is -2.34. The van der Waals surface area contributed by atoms with Crippen LogP contribution in [0.5, 0.6) is 0 Å². The van der Waals surface area contributed by atoms with Gasteiger partial charge < -0.3 is 30.3 Å². The summed E-state index contributed by atoms with van der Waals surface area (Å²) in [5.41, 5.74) is -0.918. The Labute approximate surface area is 237 Å². The number of fused-ring (bicyclic) bond motifs is 3. The van der Waals surface area contributed by atoms with Crippen molar-refractivity contribution in [1.82, 2.24) is 20.9 Å². The molecule has 0 aromatic rings. The van der Waals surface area contributed by atoms with Gasteiger partial charge in [0, 0.05) is 19.7 Å². The third-order valence-corrected chi connectivity index (χ3v) is 8.08. The molecule has 0 spiro atoms. The van der Waals surface area contributed by atoms with Gasteiger partial charge in [-0.25, -0.2) is 4.79 Å². The van der Waals surface area contributed by atoms with Crippen LogP contribution in [0.3, 0.4) is 0 Å². The Balaban J connectivity index is 1.86. The molecule has 0 aromatic heterocycles. The molecular weight excluding hydrogens is 516 g/mol. The lowest BCUT2D eigenvalue weighted by Crippen LogP contribution is -2.59. The molecule has 2 saturated heterocycles. The van der Waals surface area contributed by atoms with Crippen LogP contribution in [0.15, 0.2) is 12.7 Å². The number of nitrogens with one attached hydrogen (secondary N) is 3. The number of amides is 4. The molecule has 2 heterocycles. The fourth-order valence-corrected chi connectivity index (χ4v) is 5.86. The predicted molar refractivity (Wildman–Crippen MR) is 148 cm³/mol. The first-order chi connectivity index (χ1) is 18.8. The Morgan fingerprint density at radius 2 is 1.82 bits per heavy atom. The fourth-order valence-electron chi connectivity index (χ4n) is 5.86. The Hall–Kier alpha value is -2.95. The number of carbonyl (C=O) groups is 5. The van der Waals surface area contributed by atoms with Gasteiger partial charge in [-0.05, 0) is 50.9 Å². The molecule has 0 aromatic carbocycles. The quantitative estimate of drug-likeness (QED) is 0.344. The summed E-state index contributed by atoms with van der Waals surface area (Å²) in [7, 11) is 0. The number of ether oxygens (including phenoxy) is 2. The van der Waals surface area contributed by atoms with E-state index in [-0.39, 0.29) is 30.4 Å². The monoisotopic (exact) mass is 562 g/mol. The van der Waals surface area contributed by atoms with E-state index in [0.29, 0.717) is 26.0 Å². The van der Waals surface area contributed by atoms with E-state index >= 15 is 0 Å². The average Bonchev–Trinajstić information content (AvgIpc) is 3.19. The maximum atomic E-state index is 13.8. The summed E-state index contributed by atoms with van der Waals surface area (Å²) in [5.74, 6) is -2.40. The second-order valence-corrected chi connectivity index (χ2v) is 12.6. The van der Waals surface area contributed by atoms with Crippen LogP contribution < -0.4 is 16.0 Å². The molecule has 3 fully saturated rings. The smallest absolute Gasteiger partial charge is 0.408 e. The van der Waals surface area contributed by atoms with E-state index in [4.69, 9.17) is 9.47 Å². The van der Waals surface area contributed by atoms with E-state index in [1.165, 1.54) is 11.0 Å². The number of hydrogen-bond acceptors (Lipinski definition) is 7. The summed E-state index contributed by atoms with van der Waals surface area (Å²) in [6.45, 7) is 13.7. The fraction of sp³-hybridized carbons (Fsp3) is 0.759. The third-order valence-electron chi connectivity index (χ3n) is 8.08. The van der Waals surface area contributed by atoms with Crippen LogP contribution >= 0.6 is 0 Å². The van der Waals surface area contributed by atoms with Gasteiger partial charge in [-0.1, -0.05) is 45.6 Å². The van der Waals surface area contributed by atoms with Crippen molar-refractivity contribution in [2.75, 3.05) is 26.3 Å². The van der Waals surface area contributed by atoms with Crippen LogP contribution in [-0.2, 0) is 28.7 Å². The Morgan fingerprint density at radius 3 is 2.50 bits per heavy atom. The van der Waals surface area contributed by atoms with E-state index < -0.39 is 53.3 Å². The number of ketones is 1. The molecule has 4 amide bonds. The van der Waals surface area contributed by atoms with Crippen LogP contribution in [-0.4, -0.2) is 84.5 Å². The normalized spacial score (nSPS) is 29.3. The molecule has 1 aliphatic carbocycles. The van der Waals surface area contributed by atoms with Crippen LogP contribution in [0.4, 0.5) is 4.79 Å². The third kappa shape index (κ3) is 7.83. The highest BCUT2D eigenvalue weighted by atomic mass is 16.6. The van der Waals surface area contributed by atoms with Crippen molar-refractivity contribution >= 4 is 29.6 Å². The molecule has 0 unspecified atom stereocenters. The van der Waals surface area contributed by atoms with Gasteiger partial charge in [0.2, 0.25) is 17.6 Å². The largest absolute Gasteiger partial charge is 0.444 e. The Morgan fingerprint density at radius 1 is 1.15 bits per heavy atom. The number of carbonyl (C=O) groups excluding carboxylic acids is 5. The zero-order valence-electron chi connectivity index (χ0n) is 24.5. The van der Waals surface area contributed by atoms with Gasteiger partial charge in [0.15, 0.2) is 0 Å². The van der Waals surface area contributed by atoms with Gasteiger partial charge in [-0.3, -0.25) is 19.2 Å². The summed E-state index contributed by atoms with van der Waals surface area (Å²) in [5, 5.41) is 7.96. The number of Topliss-reactive ketones (excluding diaryl/α,β-unsaturated/α-hetero) is 1. The minimum absolute atomic E-state index is 0.0494. The number of hydrogen-bond donors (Lipinski definition) is 3. The number of alkyl carbamates (subject to hydrolysis) is 1. The van der Waals surface area contributed by atoms with Gasteiger partial charge in [-0.2, -0.15) is 0 Å². The van der Waals surface area contributed by atoms with E-state index in [0.717, 1.165) is 25.7 Å². The van der Waals surface area contributed by atoms with E-state index in [9.17, 15) is 24.0 Å². The molecular formula is C29H46N4O7.